The van der Waals surface area contributed by atoms with Crippen molar-refractivity contribution in [2.75, 3.05) is 6.61 Å². The molecule has 19 heavy (non-hydrogen) atoms. The molecule has 0 aromatic carbocycles. The number of hydrogen-bond donors (Lipinski definition) is 0. The largest absolute Gasteiger partial charge is 0.465 e. The van der Waals surface area contributed by atoms with Gasteiger partial charge >= 0.3 is 5.97 Å². The third-order valence-corrected chi connectivity index (χ3v) is 4.16. The predicted octanol–water partition coefficient (Wildman–Crippen LogP) is 4.04. The monoisotopic (exact) mass is 268 g/mol. The fourth-order valence-corrected chi connectivity index (χ4v) is 2.99. The van der Waals surface area contributed by atoms with Gasteiger partial charge < -0.3 is 4.74 Å². The van der Waals surface area contributed by atoms with Crippen LogP contribution in [0.3, 0.4) is 0 Å². The van der Waals surface area contributed by atoms with E-state index in [9.17, 15) is 9.59 Å². The number of esters is 1. The highest BCUT2D eigenvalue weighted by Gasteiger charge is 2.48. The Balaban J connectivity index is 2.43. The number of Topliss-reactive ketones (excluding diaryl/α,β-unsaturated/α-hetero) is 1. The minimum Gasteiger partial charge on any atom is -0.465 e. The third kappa shape index (κ3) is 4.32. The van der Waals surface area contributed by atoms with Crippen LogP contribution in [-0.2, 0) is 14.3 Å². The fourth-order valence-electron chi connectivity index (χ4n) is 2.99. The lowest BCUT2D eigenvalue weighted by Crippen LogP contribution is -2.37. The van der Waals surface area contributed by atoms with E-state index < -0.39 is 5.41 Å². The summed E-state index contributed by atoms with van der Waals surface area (Å²) >= 11 is 0. The molecule has 3 heteroatoms. The lowest BCUT2D eigenvalue weighted by atomic mass is 9.80. The SMILES string of the molecule is CCCCCCCCC1(C(=O)OCC)CCCC1=O. The van der Waals surface area contributed by atoms with Gasteiger partial charge in [0, 0.05) is 6.42 Å². The van der Waals surface area contributed by atoms with Gasteiger partial charge in [0.05, 0.1) is 6.61 Å². The highest BCUT2D eigenvalue weighted by atomic mass is 16.5. The van der Waals surface area contributed by atoms with Gasteiger partial charge in [-0.05, 0) is 26.2 Å². The number of carbonyl (C=O) groups excluding carboxylic acids is 2. The molecule has 0 radical (unpaired) electrons. The van der Waals surface area contributed by atoms with Gasteiger partial charge in [-0.3, -0.25) is 9.59 Å². The molecule has 1 saturated carbocycles. The van der Waals surface area contributed by atoms with Crippen molar-refractivity contribution in [1.82, 2.24) is 0 Å². The Bertz CT molecular complexity index is 298. The van der Waals surface area contributed by atoms with Crippen molar-refractivity contribution in [3.05, 3.63) is 0 Å². The molecule has 1 rings (SSSR count). The molecule has 0 aromatic heterocycles. The molecule has 3 nitrogen and oxygen atoms in total. The second-order valence-corrected chi connectivity index (χ2v) is 5.60. The summed E-state index contributed by atoms with van der Waals surface area (Å²) in [5, 5.41) is 0. The van der Waals surface area contributed by atoms with E-state index in [-0.39, 0.29) is 11.8 Å². The molecule has 0 saturated heterocycles. The minimum atomic E-state index is -0.791. The molecule has 0 N–H and O–H groups in total. The Morgan fingerprint density at radius 2 is 1.84 bits per heavy atom. The zero-order chi connectivity index (χ0) is 14.1. The molecule has 1 aliphatic carbocycles. The molecule has 1 fully saturated rings. The Labute approximate surface area is 117 Å². The zero-order valence-corrected chi connectivity index (χ0v) is 12.5. The summed E-state index contributed by atoms with van der Waals surface area (Å²) in [6.07, 6.45) is 9.85. The second-order valence-electron chi connectivity index (χ2n) is 5.60. The first-order chi connectivity index (χ1) is 9.17. The number of ether oxygens (including phenoxy) is 1. The van der Waals surface area contributed by atoms with Crippen LogP contribution in [0.15, 0.2) is 0 Å². The van der Waals surface area contributed by atoms with Crippen LogP contribution in [0, 0.1) is 5.41 Å². The van der Waals surface area contributed by atoms with Crippen LogP contribution in [0.25, 0.3) is 0 Å². The van der Waals surface area contributed by atoms with E-state index >= 15 is 0 Å². The third-order valence-electron chi connectivity index (χ3n) is 4.16. The van der Waals surface area contributed by atoms with E-state index in [1.165, 1.54) is 25.7 Å². The highest BCUT2D eigenvalue weighted by molar-refractivity contribution is 6.05. The topological polar surface area (TPSA) is 43.4 Å². The van der Waals surface area contributed by atoms with Crippen molar-refractivity contribution in [3.63, 3.8) is 0 Å². The summed E-state index contributed by atoms with van der Waals surface area (Å²) in [6, 6.07) is 0. The Kier molecular flexibility index (Phi) is 7.11. The van der Waals surface area contributed by atoms with Crippen LogP contribution in [0.4, 0.5) is 0 Å². The normalized spacial score (nSPS) is 22.7. The van der Waals surface area contributed by atoms with Crippen LogP contribution in [-0.4, -0.2) is 18.4 Å². The Morgan fingerprint density at radius 1 is 1.16 bits per heavy atom. The van der Waals surface area contributed by atoms with E-state index in [1.54, 1.807) is 6.92 Å². The Morgan fingerprint density at radius 3 is 2.42 bits per heavy atom. The van der Waals surface area contributed by atoms with Crippen LogP contribution in [0.5, 0.6) is 0 Å². The number of hydrogen-bond acceptors (Lipinski definition) is 3. The maximum absolute atomic E-state index is 12.1. The maximum Gasteiger partial charge on any atom is 0.319 e. The molecule has 0 amide bonds. The van der Waals surface area contributed by atoms with Crippen molar-refractivity contribution >= 4 is 11.8 Å². The van der Waals surface area contributed by atoms with E-state index in [0.29, 0.717) is 25.9 Å². The van der Waals surface area contributed by atoms with Gasteiger partial charge in [-0.2, -0.15) is 0 Å². The van der Waals surface area contributed by atoms with E-state index in [4.69, 9.17) is 4.74 Å². The van der Waals surface area contributed by atoms with Gasteiger partial charge in [-0.15, -0.1) is 0 Å². The first kappa shape index (κ1) is 16.2. The molecular weight excluding hydrogens is 240 g/mol. The summed E-state index contributed by atoms with van der Waals surface area (Å²) < 4.78 is 5.14. The van der Waals surface area contributed by atoms with Crippen molar-refractivity contribution in [3.8, 4) is 0 Å². The summed E-state index contributed by atoms with van der Waals surface area (Å²) in [7, 11) is 0. The number of unbranched alkanes of at least 4 members (excludes halogenated alkanes) is 5. The molecule has 1 atom stereocenters. The predicted molar refractivity (Wildman–Crippen MR) is 75.9 cm³/mol. The quantitative estimate of drug-likeness (QED) is 0.360. The van der Waals surface area contributed by atoms with Crippen LogP contribution in [0.1, 0.15) is 78.1 Å². The summed E-state index contributed by atoms with van der Waals surface area (Å²) in [5.41, 5.74) is -0.791. The average Bonchev–Trinajstić information content (AvgIpc) is 2.76. The van der Waals surface area contributed by atoms with Crippen LogP contribution < -0.4 is 0 Å². The molecule has 110 valence electrons. The molecule has 0 heterocycles. The van der Waals surface area contributed by atoms with Crippen molar-refractivity contribution in [1.29, 1.82) is 0 Å². The summed E-state index contributed by atoms with van der Waals surface area (Å²) in [6.45, 7) is 4.37. The number of carbonyl (C=O) groups is 2. The molecular formula is C16H28O3. The van der Waals surface area contributed by atoms with Gasteiger partial charge in [0.15, 0.2) is 0 Å². The number of rotatable bonds is 9. The van der Waals surface area contributed by atoms with Crippen LogP contribution in [0.2, 0.25) is 0 Å². The second kappa shape index (κ2) is 8.34. The maximum atomic E-state index is 12.1. The highest BCUT2D eigenvalue weighted by Crippen LogP contribution is 2.40. The van der Waals surface area contributed by atoms with Crippen molar-refractivity contribution in [2.45, 2.75) is 78.1 Å². The van der Waals surface area contributed by atoms with E-state index in [0.717, 1.165) is 19.3 Å². The molecule has 1 unspecified atom stereocenters. The standard InChI is InChI=1S/C16H28O3/c1-3-5-6-7-8-9-12-16(15(18)19-4-2)13-10-11-14(16)17/h3-13H2,1-2H3. The minimum absolute atomic E-state index is 0.111. The van der Waals surface area contributed by atoms with Crippen molar-refractivity contribution in [2.24, 2.45) is 5.41 Å². The van der Waals surface area contributed by atoms with Crippen LogP contribution >= 0.6 is 0 Å². The first-order valence-electron chi connectivity index (χ1n) is 7.88. The summed E-state index contributed by atoms with van der Waals surface area (Å²) in [4.78, 5) is 24.2. The lowest BCUT2D eigenvalue weighted by molar-refractivity contribution is -0.159. The summed E-state index contributed by atoms with van der Waals surface area (Å²) in [5.74, 6) is -0.162. The Hall–Kier alpha value is -0.860. The molecule has 0 bridgehead atoms. The molecule has 0 aromatic rings. The van der Waals surface area contributed by atoms with Crippen molar-refractivity contribution < 1.29 is 14.3 Å². The number of ketones is 1. The van der Waals surface area contributed by atoms with Gasteiger partial charge in [-0.25, -0.2) is 0 Å². The van der Waals surface area contributed by atoms with E-state index in [2.05, 4.69) is 6.92 Å². The lowest BCUT2D eigenvalue weighted by Gasteiger charge is -2.24. The first-order valence-corrected chi connectivity index (χ1v) is 7.88. The smallest absolute Gasteiger partial charge is 0.319 e. The van der Waals surface area contributed by atoms with Gasteiger partial charge in [0.25, 0.3) is 0 Å². The molecule has 0 aliphatic heterocycles. The molecule has 1 aliphatic rings. The van der Waals surface area contributed by atoms with Gasteiger partial charge in [-0.1, -0.05) is 45.4 Å². The van der Waals surface area contributed by atoms with Gasteiger partial charge in [0.1, 0.15) is 11.2 Å². The zero-order valence-electron chi connectivity index (χ0n) is 12.5. The van der Waals surface area contributed by atoms with E-state index in [1.807, 2.05) is 0 Å². The van der Waals surface area contributed by atoms with Gasteiger partial charge in [0.2, 0.25) is 0 Å². The molecule has 0 spiro atoms. The fraction of sp³-hybridized carbons (Fsp3) is 0.875. The average molecular weight is 268 g/mol.